The van der Waals surface area contributed by atoms with Crippen molar-refractivity contribution in [3.63, 3.8) is 0 Å². The largest absolute Gasteiger partial charge is 0.333 e. The molecule has 1 aliphatic heterocycles. The van der Waals surface area contributed by atoms with Gasteiger partial charge in [-0.1, -0.05) is 17.9 Å². The molecule has 0 aliphatic carbocycles. The topological polar surface area (TPSA) is 49.6 Å². The van der Waals surface area contributed by atoms with Crippen molar-refractivity contribution in [3.05, 3.63) is 34.9 Å². The molecule has 4 nitrogen and oxygen atoms in total. The fraction of sp³-hybridized carbons (Fsp3) is 0.471. The second-order valence-corrected chi connectivity index (χ2v) is 5.65. The number of carbonyl (C=O) groups excluding carboxylic acids is 1. The van der Waals surface area contributed by atoms with E-state index in [4.69, 9.17) is 5.73 Å². The fourth-order valence-corrected chi connectivity index (χ4v) is 2.64. The van der Waals surface area contributed by atoms with Crippen molar-refractivity contribution in [1.29, 1.82) is 0 Å². The van der Waals surface area contributed by atoms with Crippen LogP contribution in [0.2, 0.25) is 0 Å². The Morgan fingerprint density at radius 1 is 1.43 bits per heavy atom. The van der Waals surface area contributed by atoms with Crippen LogP contribution < -0.4 is 5.73 Å². The molecule has 1 fully saturated rings. The number of carbonyl (C=O) groups is 1. The van der Waals surface area contributed by atoms with Crippen LogP contribution in [0.4, 0.5) is 0 Å². The summed E-state index contributed by atoms with van der Waals surface area (Å²) in [5.41, 5.74) is 8.08. The van der Waals surface area contributed by atoms with Crippen molar-refractivity contribution in [1.82, 2.24) is 9.80 Å². The molecular weight excluding hydrogens is 262 g/mol. The fourth-order valence-electron chi connectivity index (χ4n) is 2.64. The zero-order chi connectivity index (χ0) is 15.4. The first-order chi connectivity index (χ1) is 10.0. The molecule has 21 heavy (non-hydrogen) atoms. The minimum atomic E-state index is 0.0893. The van der Waals surface area contributed by atoms with Crippen molar-refractivity contribution >= 4 is 5.91 Å². The third-order valence-corrected chi connectivity index (χ3v) is 3.90. The van der Waals surface area contributed by atoms with Crippen LogP contribution in [-0.4, -0.2) is 55.0 Å². The number of hydrogen-bond donors (Lipinski definition) is 1. The molecule has 1 unspecified atom stereocenters. The number of amides is 1. The average molecular weight is 285 g/mol. The maximum atomic E-state index is 12.7. The lowest BCUT2D eigenvalue weighted by Gasteiger charge is -2.38. The lowest BCUT2D eigenvalue weighted by Crippen LogP contribution is -2.52. The van der Waals surface area contributed by atoms with E-state index in [1.807, 2.05) is 30.0 Å². The number of aryl methyl sites for hydroxylation is 1. The van der Waals surface area contributed by atoms with E-state index in [-0.39, 0.29) is 11.9 Å². The molecule has 112 valence electrons. The number of nitrogens with two attached hydrogens (primary N) is 1. The Kier molecular flexibility index (Phi) is 5.00. The maximum absolute atomic E-state index is 12.7. The second kappa shape index (κ2) is 6.75. The molecule has 1 aromatic rings. The third-order valence-electron chi connectivity index (χ3n) is 3.90. The molecule has 1 saturated heterocycles. The van der Waals surface area contributed by atoms with Gasteiger partial charge in [-0.05, 0) is 38.6 Å². The van der Waals surface area contributed by atoms with Crippen LogP contribution >= 0.6 is 0 Å². The SMILES string of the molecule is Cc1ccc(C(=O)N2CCN(C)CC2C)cc1C#CCN. The molecule has 1 amide bonds. The smallest absolute Gasteiger partial charge is 0.254 e. The molecule has 1 heterocycles. The van der Waals surface area contributed by atoms with Crippen molar-refractivity contribution < 1.29 is 4.79 Å². The molecule has 0 aromatic heterocycles. The van der Waals surface area contributed by atoms with Gasteiger partial charge in [-0.3, -0.25) is 4.79 Å². The molecule has 1 atom stereocenters. The molecular formula is C17H23N3O. The van der Waals surface area contributed by atoms with Crippen LogP contribution in [0, 0.1) is 18.8 Å². The zero-order valence-electron chi connectivity index (χ0n) is 13.0. The Morgan fingerprint density at radius 2 is 2.19 bits per heavy atom. The molecule has 0 spiro atoms. The van der Waals surface area contributed by atoms with Gasteiger partial charge in [0.1, 0.15) is 0 Å². The molecule has 0 radical (unpaired) electrons. The van der Waals surface area contributed by atoms with Crippen LogP contribution in [0.5, 0.6) is 0 Å². The lowest BCUT2D eigenvalue weighted by atomic mass is 10.0. The Morgan fingerprint density at radius 3 is 2.86 bits per heavy atom. The summed E-state index contributed by atoms with van der Waals surface area (Å²) in [6, 6.07) is 5.95. The summed E-state index contributed by atoms with van der Waals surface area (Å²) < 4.78 is 0. The first-order valence-electron chi connectivity index (χ1n) is 7.32. The van der Waals surface area contributed by atoms with Crippen LogP contribution in [0.25, 0.3) is 0 Å². The number of likely N-dealkylation sites (N-methyl/N-ethyl adjacent to an activating group) is 1. The third kappa shape index (κ3) is 3.63. The van der Waals surface area contributed by atoms with E-state index >= 15 is 0 Å². The summed E-state index contributed by atoms with van der Waals surface area (Å²) in [5, 5.41) is 0. The van der Waals surface area contributed by atoms with Crippen molar-refractivity contribution in [2.24, 2.45) is 5.73 Å². The second-order valence-electron chi connectivity index (χ2n) is 5.65. The Balaban J connectivity index is 2.23. The van der Waals surface area contributed by atoms with Crippen LogP contribution in [0.15, 0.2) is 18.2 Å². The highest BCUT2D eigenvalue weighted by atomic mass is 16.2. The maximum Gasteiger partial charge on any atom is 0.254 e. The van der Waals surface area contributed by atoms with Gasteiger partial charge in [0, 0.05) is 36.8 Å². The summed E-state index contributed by atoms with van der Waals surface area (Å²) in [6.07, 6.45) is 0. The van der Waals surface area contributed by atoms with Gasteiger partial charge in [0.25, 0.3) is 5.91 Å². The van der Waals surface area contributed by atoms with E-state index in [1.54, 1.807) is 0 Å². The highest BCUT2D eigenvalue weighted by molar-refractivity contribution is 5.95. The van der Waals surface area contributed by atoms with Gasteiger partial charge >= 0.3 is 0 Å². The number of benzene rings is 1. The summed E-state index contributed by atoms with van der Waals surface area (Å²) in [5.74, 6) is 5.98. The molecule has 1 aliphatic rings. The Hall–Kier alpha value is -1.83. The van der Waals surface area contributed by atoms with Gasteiger partial charge in [-0.25, -0.2) is 0 Å². The lowest BCUT2D eigenvalue weighted by molar-refractivity contribution is 0.0533. The molecule has 0 saturated carbocycles. The predicted molar refractivity (Wildman–Crippen MR) is 85.1 cm³/mol. The first kappa shape index (κ1) is 15.6. The summed E-state index contributed by atoms with van der Waals surface area (Å²) >= 11 is 0. The van der Waals surface area contributed by atoms with E-state index in [2.05, 4.69) is 30.7 Å². The van der Waals surface area contributed by atoms with E-state index < -0.39 is 0 Å². The molecule has 2 rings (SSSR count). The number of hydrogen-bond acceptors (Lipinski definition) is 3. The Bertz CT molecular complexity index is 585. The molecule has 2 N–H and O–H groups in total. The van der Waals surface area contributed by atoms with E-state index in [9.17, 15) is 4.79 Å². The van der Waals surface area contributed by atoms with Crippen molar-refractivity contribution in [2.45, 2.75) is 19.9 Å². The summed E-state index contributed by atoms with van der Waals surface area (Å²) in [7, 11) is 2.09. The van der Waals surface area contributed by atoms with Gasteiger partial charge in [0.2, 0.25) is 0 Å². The molecule has 1 aromatic carbocycles. The predicted octanol–water partition coefficient (Wildman–Crippen LogP) is 1.08. The Labute approximate surface area is 126 Å². The van der Waals surface area contributed by atoms with Crippen molar-refractivity contribution in [3.8, 4) is 11.8 Å². The average Bonchev–Trinajstić information content (AvgIpc) is 2.46. The van der Waals surface area contributed by atoms with Crippen LogP contribution in [-0.2, 0) is 0 Å². The normalized spacial score (nSPS) is 19.0. The highest BCUT2D eigenvalue weighted by Gasteiger charge is 2.26. The van der Waals surface area contributed by atoms with Crippen LogP contribution in [0.3, 0.4) is 0 Å². The highest BCUT2D eigenvalue weighted by Crippen LogP contribution is 2.16. The quantitative estimate of drug-likeness (QED) is 0.786. The summed E-state index contributed by atoms with van der Waals surface area (Å²) in [6.45, 7) is 7.02. The number of piperazine rings is 1. The van der Waals surface area contributed by atoms with Gasteiger partial charge in [0.15, 0.2) is 0 Å². The number of rotatable bonds is 1. The number of nitrogens with zero attached hydrogens (tertiary/aromatic N) is 2. The van der Waals surface area contributed by atoms with Gasteiger partial charge in [0.05, 0.1) is 6.54 Å². The van der Waals surface area contributed by atoms with Crippen molar-refractivity contribution in [2.75, 3.05) is 33.2 Å². The zero-order valence-corrected chi connectivity index (χ0v) is 13.0. The summed E-state index contributed by atoms with van der Waals surface area (Å²) in [4.78, 5) is 16.9. The van der Waals surface area contributed by atoms with Gasteiger partial charge in [-0.15, -0.1) is 0 Å². The minimum absolute atomic E-state index is 0.0893. The standard InChI is InChI=1S/C17H23N3O/c1-13-6-7-16(11-15(13)5-4-8-18)17(21)20-10-9-19(3)12-14(20)2/h6-7,11,14H,8-10,12,18H2,1-3H3. The van der Waals surface area contributed by atoms with Gasteiger partial charge < -0.3 is 15.5 Å². The van der Waals surface area contributed by atoms with E-state index in [0.29, 0.717) is 12.1 Å². The van der Waals surface area contributed by atoms with E-state index in [1.165, 1.54) is 0 Å². The first-order valence-corrected chi connectivity index (χ1v) is 7.32. The monoisotopic (exact) mass is 285 g/mol. The van der Waals surface area contributed by atoms with E-state index in [0.717, 1.165) is 30.8 Å². The van der Waals surface area contributed by atoms with Gasteiger partial charge in [-0.2, -0.15) is 0 Å². The van der Waals surface area contributed by atoms with Crippen LogP contribution in [0.1, 0.15) is 28.4 Å². The molecule has 0 bridgehead atoms. The minimum Gasteiger partial charge on any atom is -0.333 e. The molecule has 4 heteroatoms.